The molecule has 0 unspecified atom stereocenters. The first-order valence-electron chi connectivity index (χ1n) is 12.9. The smallest absolute Gasteiger partial charge is 0.410 e. The van der Waals surface area contributed by atoms with Crippen molar-refractivity contribution in [1.29, 1.82) is 0 Å². The van der Waals surface area contributed by atoms with Crippen LogP contribution in [0.2, 0.25) is 0 Å². The lowest BCUT2D eigenvalue weighted by Gasteiger charge is -2.31. The summed E-state index contributed by atoms with van der Waals surface area (Å²) >= 11 is 0. The second-order valence-corrected chi connectivity index (χ2v) is 11.4. The number of para-hydroxylation sites is 1. The summed E-state index contributed by atoms with van der Waals surface area (Å²) < 4.78 is 37.8. The van der Waals surface area contributed by atoms with Crippen LogP contribution in [0.5, 0.6) is 0 Å². The molecule has 1 aromatic heterocycles. The number of amides is 1. The van der Waals surface area contributed by atoms with Gasteiger partial charge in [-0.05, 0) is 49.4 Å². The van der Waals surface area contributed by atoms with Gasteiger partial charge in [0.2, 0.25) is 0 Å². The fourth-order valence-corrected chi connectivity index (χ4v) is 5.68. The van der Waals surface area contributed by atoms with Gasteiger partial charge < -0.3 is 9.64 Å². The Labute approximate surface area is 227 Å². The molecule has 0 bridgehead atoms. The molecule has 202 valence electrons. The van der Waals surface area contributed by atoms with Crippen LogP contribution in [-0.4, -0.2) is 43.0 Å². The lowest BCUT2D eigenvalue weighted by atomic mass is 9.90. The van der Waals surface area contributed by atoms with E-state index in [9.17, 15) is 18.0 Å². The molecule has 0 spiro atoms. The van der Waals surface area contributed by atoms with Gasteiger partial charge in [0.1, 0.15) is 11.5 Å². The molecule has 5 rings (SSSR count). The molecule has 9 heteroatoms. The summed E-state index contributed by atoms with van der Waals surface area (Å²) in [5, 5.41) is 0.628. The summed E-state index contributed by atoms with van der Waals surface area (Å²) in [5.74, 6) is 0.0152. The number of fused-ring (bicyclic) bond motifs is 1. The largest absolute Gasteiger partial charge is 0.445 e. The molecule has 4 aromatic rings. The number of benzene rings is 3. The number of aryl methyl sites for hydroxylation is 1. The third-order valence-electron chi connectivity index (χ3n) is 7.02. The number of hydrogen-bond acceptors (Lipinski definition) is 6. The first-order chi connectivity index (χ1) is 18.8. The highest BCUT2D eigenvalue weighted by atomic mass is 32.2. The van der Waals surface area contributed by atoms with Crippen molar-refractivity contribution in [3.63, 3.8) is 0 Å². The summed E-state index contributed by atoms with van der Waals surface area (Å²) in [6.45, 7) is 3.14. The van der Waals surface area contributed by atoms with E-state index in [2.05, 4.69) is 0 Å². The normalized spacial score (nSPS) is 14.3. The maximum absolute atomic E-state index is 13.4. The minimum Gasteiger partial charge on any atom is -0.445 e. The van der Waals surface area contributed by atoms with E-state index in [0.29, 0.717) is 48.8 Å². The molecule has 0 aliphatic carbocycles. The lowest BCUT2D eigenvalue weighted by Crippen LogP contribution is -2.39. The van der Waals surface area contributed by atoms with Crippen LogP contribution in [0.25, 0.3) is 10.9 Å². The number of ketones is 1. The summed E-state index contributed by atoms with van der Waals surface area (Å²) in [7, 11) is -4.10. The molecule has 0 saturated carbocycles. The summed E-state index contributed by atoms with van der Waals surface area (Å²) in [6, 6.07) is 23.0. The average Bonchev–Trinajstić information content (AvgIpc) is 3.31. The van der Waals surface area contributed by atoms with Crippen LogP contribution in [0, 0.1) is 12.8 Å². The van der Waals surface area contributed by atoms with Crippen molar-refractivity contribution in [1.82, 2.24) is 9.63 Å². The standard InChI is InChI=1S/C30H30N2O6S/c1-22-11-13-25(14-12-22)39(35,36)38-32-20-27(26-9-5-6-10-28(26)32)29(33)19-23-15-17-31(18-16-23)30(34)37-21-24-7-3-2-4-8-24/h2-14,20,23H,15-19,21H2,1H3. The van der Waals surface area contributed by atoms with E-state index in [1.165, 1.54) is 18.3 Å². The summed E-state index contributed by atoms with van der Waals surface area (Å²) in [5.41, 5.74) is 2.77. The van der Waals surface area contributed by atoms with E-state index in [1.54, 1.807) is 41.3 Å². The van der Waals surface area contributed by atoms with Gasteiger partial charge in [-0.25, -0.2) is 4.79 Å². The first-order valence-corrected chi connectivity index (χ1v) is 14.3. The van der Waals surface area contributed by atoms with Crippen LogP contribution in [0.15, 0.2) is 90.0 Å². The number of Topliss-reactive ketones (excluding diaryl/α,β-unsaturated/α-hetero) is 1. The van der Waals surface area contributed by atoms with E-state index < -0.39 is 10.1 Å². The second-order valence-electron chi connectivity index (χ2n) is 9.83. The number of rotatable bonds is 8. The number of aromatic nitrogens is 1. The molecular weight excluding hydrogens is 516 g/mol. The molecule has 3 aromatic carbocycles. The SMILES string of the molecule is Cc1ccc(S(=O)(=O)On2cc(C(=O)CC3CCN(C(=O)OCc4ccccc4)CC3)c3ccccc32)cc1. The molecule has 39 heavy (non-hydrogen) atoms. The monoisotopic (exact) mass is 546 g/mol. The highest BCUT2D eigenvalue weighted by molar-refractivity contribution is 7.87. The van der Waals surface area contributed by atoms with Gasteiger partial charge in [-0.15, -0.1) is 0 Å². The zero-order valence-electron chi connectivity index (χ0n) is 21.7. The van der Waals surface area contributed by atoms with Crippen LogP contribution < -0.4 is 4.28 Å². The van der Waals surface area contributed by atoms with Crippen molar-refractivity contribution in [2.45, 2.75) is 37.7 Å². The maximum Gasteiger partial charge on any atom is 0.410 e. The number of ether oxygens (including phenoxy) is 1. The Morgan fingerprint density at radius 2 is 1.56 bits per heavy atom. The molecule has 1 aliphatic heterocycles. The number of piperidine rings is 1. The van der Waals surface area contributed by atoms with Crippen molar-refractivity contribution in [2.24, 2.45) is 5.92 Å². The van der Waals surface area contributed by atoms with Crippen molar-refractivity contribution >= 4 is 32.9 Å². The van der Waals surface area contributed by atoms with Gasteiger partial charge in [0.05, 0.1) is 11.7 Å². The van der Waals surface area contributed by atoms with E-state index in [-0.39, 0.29) is 29.3 Å². The molecule has 1 amide bonds. The predicted molar refractivity (Wildman–Crippen MR) is 147 cm³/mol. The lowest BCUT2D eigenvalue weighted by molar-refractivity contribution is 0.0784. The van der Waals surface area contributed by atoms with Crippen molar-refractivity contribution in [2.75, 3.05) is 13.1 Å². The Balaban J connectivity index is 1.23. The zero-order chi connectivity index (χ0) is 27.4. The Morgan fingerprint density at radius 1 is 0.897 bits per heavy atom. The van der Waals surface area contributed by atoms with Crippen LogP contribution in [0.1, 0.15) is 40.7 Å². The molecule has 0 N–H and O–H groups in total. The third-order valence-corrected chi connectivity index (χ3v) is 8.22. The van der Waals surface area contributed by atoms with E-state index in [1.807, 2.05) is 37.3 Å². The van der Waals surface area contributed by atoms with Crippen LogP contribution >= 0.6 is 0 Å². The molecule has 1 aliphatic rings. The zero-order valence-corrected chi connectivity index (χ0v) is 22.5. The van der Waals surface area contributed by atoms with Gasteiger partial charge in [0.15, 0.2) is 5.78 Å². The first kappa shape index (κ1) is 26.5. The third kappa shape index (κ3) is 6.15. The summed E-state index contributed by atoms with van der Waals surface area (Å²) in [6.07, 6.45) is 2.77. The molecule has 1 saturated heterocycles. The predicted octanol–water partition coefficient (Wildman–Crippen LogP) is 5.39. The Hall–Kier alpha value is -4.11. The molecule has 0 radical (unpaired) electrons. The van der Waals surface area contributed by atoms with Gasteiger partial charge in [0.25, 0.3) is 0 Å². The van der Waals surface area contributed by atoms with Crippen LogP contribution in [-0.2, 0) is 21.5 Å². The van der Waals surface area contributed by atoms with Gasteiger partial charge in [-0.2, -0.15) is 13.1 Å². The van der Waals surface area contributed by atoms with Gasteiger partial charge in [-0.3, -0.25) is 9.08 Å². The van der Waals surface area contributed by atoms with Gasteiger partial charge >= 0.3 is 16.2 Å². The van der Waals surface area contributed by atoms with E-state index in [0.717, 1.165) is 15.9 Å². The number of carbonyl (C=O) groups excluding carboxylic acids is 2. The minimum absolute atomic E-state index is 0.0350. The van der Waals surface area contributed by atoms with Crippen molar-refractivity contribution in [3.8, 4) is 0 Å². The Kier molecular flexibility index (Phi) is 7.70. The Morgan fingerprint density at radius 3 is 2.28 bits per heavy atom. The quantitative estimate of drug-likeness (QED) is 0.275. The molecule has 0 atom stereocenters. The number of nitrogens with zero attached hydrogens (tertiary/aromatic N) is 2. The minimum atomic E-state index is -4.10. The highest BCUT2D eigenvalue weighted by Gasteiger charge is 2.27. The van der Waals surface area contributed by atoms with E-state index >= 15 is 0 Å². The molecular formula is C30H30N2O6S. The number of carbonyl (C=O) groups is 2. The number of likely N-dealkylation sites (tertiary alicyclic amines) is 1. The van der Waals surface area contributed by atoms with Crippen LogP contribution in [0.3, 0.4) is 0 Å². The maximum atomic E-state index is 13.4. The van der Waals surface area contributed by atoms with E-state index in [4.69, 9.17) is 9.02 Å². The van der Waals surface area contributed by atoms with Crippen molar-refractivity contribution in [3.05, 3.63) is 102 Å². The summed E-state index contributed by atoms with van der Waals surface area (Å²) in [4.78, 5) is 27.6. The molecule has 8 nitrogen and oxygen atoms in total. The highest BCUT2D eigenvalue weighted by Crippen LogP contribution is 2.28. The number of hydrogen-bond donors (Lipinski definition) is 0. The second kappa shape index (κ2) is 11.3. The fraction of sp³-hybridized carbons (Fsp3) is 0.267. The topological polar surface area (TPSA) is 94.9 Å². The molecule has 1 fully saturated rings. The average molecular weight is 547 g/mol. The molecule has 2 heterocycles. The van der Waals surface area contributed by atoms with Crippen molar-refractivity contribution < 1.29 is 27.0 Å². The fourth-order valence-electron chi connectivity index (χ4n) is 4.79. The van der Waals surface area contributed by atoms with Crippen LogP contribution in [0.4, 0.5) is 4.79 Å². The Bertz CT molecular complexity index is 1570. The van der Waals surface area contributed by atoms with Gasteiger partial charge in [-0.1, -0.05) is 66.2 Å². The van der Waals surface area contributed by atoms with Gasteiger partial charge in [0, 0.05) is 30.5 Å².